The van der Waals surface area contributed by atoms with Crippen LogP contribution in [0.25, 0.3) is 0 Å². The molecule has 0 nitrogen and oxygen atoms in total. The zero-order valence-electron chi connectivity index (χ0n) is 9.34. The van der Waals surface area contributed by atoms with Crippen molar-refractivity contribution in [3.63, 3.8) is 0 Å². The molecule has 94 valence electrons. The van der Waals surface area contributed by atoms with Gasteiger partial charge >= 0.3 is 0 Å². The molecule has 4 heteroatoms. The molecule has 2 aromatic rings. The lowest BCUT2D eigenvalue weighted by Crippen LogP contribution is -1.99. The van der Waals surface area contributed by atoms with Crippen LogP contribution in [0.5, 0.6) is 0 Å². The first-order valence-corrected chi connectivity index (χ1v) is 6.69. The van der Waals surface area contributed by atoms with Gasteiger partial charge in [-0.15, -0.1) is 0 Å². The van der Waals surface area contributed by atoms with Crippen LogP contribution in [0.2, 0.25) is 5.02 Å². The molecule has 0 fully saturated rings. The van der Waals surface area contributed by atoms with Crippen molar-refractivity contribution >= 4 is 27.5 Å². The second-order valence-electron chi connectivity index (χ2n) is 3.93. The van der Waals surface area contributed by atoms with Crippen LogP contribution in [0, 0.1) is 11.6 Å². The van der Waals surface area contributed by atoms with Crippen molar-refractivity contribution in [1.82, 2.24) is 0 Å². The van der Waals surface area contributed by atoms with Gasteiger partial charge in [0.25, 0.3) is 0 Å². The van der Waals surface area contributed by atoms with Crippen molar-refractivity contribution in [2.75, 3.05) is 0 Å². The second kappa shape index (κ2) is 5.81. The molecule has 0 spiro atoms. The largest absolute Gasteiger partial charge is 0.207 e. The van der Waals surface area contributed by atoms with Crippen LogP contribution in [0.3, 0.4) is 0 Å². The summed E-state index contributed by atoms with van der Waals surface area (Å²) < 4.78 is 26.5. The second-order valence-corrected chi connectivity index (χ2v) is 5.45. The van der Waals surface area contributed by atoms with Crippen LogP contribution >= 0.6 is 27.5 Å². The lowest BCUT2D eigenvalue weighted by atomic mass is 10.0. The predicted octanol–water partition coefficient (Wildman–Crippen LogP) is 5.30. The first-order chi connectivity index (χ1) is 8.58. The topological polar surface area (TPSA) is 0 Å². The van der Waals surface area contributed by atoms with E-state index in [-0.39, 0.29) is 16.5 Å². The fourth-order valence-corrected chi connectivity index (χ4v) is 3.01. The Kier molecular flexibility index (Phi) is 4.36. The molecule has 0 aromatic heterocycles. The summed E-state index contributed by atoms with van der Waals surface area (Å²) in [7, 11) is 0. The molecule has 1 atom stereocenters. The molecule has 0 amide bonds. The molecular formula is C14H10BrClF2. The highest BCUT2D eigenvalue weighted by atomic mass is 79.9. The molecule has 0 aliphatic carbocycles. The number of rotatable bonds is 3. The van der Waals surface area contributed by atoms with Crippen LogP contribution in [-0.2, 0) is 6.42 Å². The van der Waals surface area contributed by atoms with Gasteiger partial charge in [0.15, 0.2) is 0 Å². The third-order valence-electron chi connectivity index (χ3n) is 2.64. The van der Waals surface area contributed by atoms with Crippen molar-refractivity contribution in [3.8, 4) is 0 Å². The summed E-state index contributed by atoms with van der Waals surface area (Å²) in [6.45, 7) is 0. The normalized spacial score (nSPS) is 12.4. The highest BCUT2D eigenvalue weighted by Gasteiger charge is 2.16. The molecule has 0 radical (unpaired) electrons. The Bertz CT molecular complexity index is 520. The molecule has 0 saturated carbocycles. The van der Waals surface area contributed by atoms with E-state index in [1.807, 2.05) is 0 Å². The molecule has 0 aliphatic rings. The van der Waals surface area contributed by atoms with E-state index in [2.05, 4.69) is 15.9 Å². The highest BCUT2D eigenvalue weighted by molar-refractivity contribution is 9.09. The lowest BCUT2D eigenvalue weighted by molar-refractivity contribution is 0.607. The summed E-state index contributed by atoms with van der Waals surface area (Å²) in [5, 5.41) is 0.388. The minimum atomic E-state index is -0.341. The molecule has 0 aliphatic heterocycles. The number of benzene rings is 2. The Balaban J connectivity index is 2.22. The summed E-state index contributed by atoms with van der Waals surface area (Å²) >= 11 is 9.41. The first-order valence-electron chi connectivity index (χ1n) is 5.40. The maximum absolute atomic E-state index is 13.7. The average molecular weight is 332 g/mol. The van der Waals surface area contributed by atoms with Crippen molar-refractivity contribution in [1.29, 1.82) is 0 Å². The van der Waals surface area contributed by atoms with E-state index in [0.717, 1.165) is 5.56 Å². The van der Waals surface area contributed by atoms with Crippen molar-refractivity contribution in [2.24, 2.45) is 0 Å². The number of alkyl halides is 1. The molecule has 0 saturated heterocycles. The van der Waals surface area contributed by atoms with Gasteiger partial charge in [-0.3, -0.25) is 0 Å². The quantitative estimate of drug-likeness (QED) is 0.670. The Morgan fingerprint density at radius 2 is 1.72 bits per heavy atom. The zero-order valence-corrected chi connectivity index (χ0v) is 11.7. The fraction of sp³-hybridized carbons (Fsp3) is 0.143. The number of hydrogen-bond donors (Lipinski definition) is 0. The van der Waals surface area contributed by atoms with Gasteiger partial charge in [-0.05, 0) is 36.2 Å². The SMILES string of the molecule is Fc1ccc(CC(Br)c2c(F)cccc2Cl)cc1. The van der Waals surface area contributed by atoms with E-state index < -0.39 is 0 Å². The number of hydrogen-bond acceptors (Lipinski definition) is 0. The van der Waals surface area contributed by atoms with Crippen molar-refractivity contribution < 1.29 is 8.78 Å². The average Bonchev–Trinajstić information content (AvgIpc) is 2.32. The Hall–Kier alpha value is -0.930. The van der Waals surface area contributed by atoms with E-state index in [1.54, 1.807) is 24.3 Å². The summed E-state index contributed by atoms with van der Waals surface area (Å²) in [4.78, 5) is -0.239. The predicted molar refractivity (Wildman–Crippen MR) is 73.2 cm³/mol. The van der Waals surface area contributed by atoms with Crippen LogP contribution in [-0.4, -0.2) is 0 Å². The summed E-state index contributed by atoms with van der Waals surface area (Å²) in [5.41, 5.74) is 1.35. The summed E-state index contributed by atoms with van der Waals surface area (Å²) in [5.74, 6) is -0.625. The Labute approximate surface area is 118 Å². The van der Waals surface area contributed by atoms with Crippen molar-refractivity contribution in [3.05, 3.63) is 70.2 Å². The maximum Gasteiger partial charge on any atom is 0.129 e. The molecule has 0 N–H and O–H groups in total. The van der Waals surface area contributed by atoms with E-state index in [0.29, 0.717) is 17.0 Å². The maximum atomic E-state index is 13.7. The van der Waals surface area contributed by atoms with Gasteiger partial charge in [0, 0.05) is 15.4 Å². The van der Waals surface area contributed by atoms with E-state index in [4.69, 9.17) is 11.6 Å². The molecule has 1 unspecified atom stereocenters. The van der Waals surface area contributed by atoms with E-state index >= 15 is 0 Å². The third kappa shape index (κ3) is 3.09. The Morgan fingerprint density at radius 1 is 1.06 bits per heavy atom. The smallest absolute Gasteiger partial charge is 0.129 e. The molecule has 18 heavy (non-hydrogen) atoms. The van der Waals surface area contributed by atoms with Crippen LogP contribution in [0.1, 0.15) is 16.0 Å². The van der Waals surface area contributed by atoms with E-state index in [9.17, 15) is 8.78 Å². The fourth-order valence-electron chi connectivity index (χ4n) is 1.74. The van der Waals surface area contributed by atoms with Gasteiger partial charge in [-0.25, -0.2) is 8.78 Å². The molecule has 0 bridgehead atoms. The van der Waals surface area contributed by atoms with Crippen molar-refractivity contribution in [2.45, 2.75) is 11.2 Å². The first kappa shape index (κ1) is 13.5. The molecule has 0 heterocycles. The van der Waals surface area contributed by atoms with Gasteiger partial charge in [0.2, 0.25) is 0 Å². The molecule has 2 aromatic carbocycles. The minimum absolute atomic E-state index is 0.239. The summed E-state index contributed by atoms with van der Waals surface area (Å²) in [6, 6.07) is 10.7. The number of halogens is 4. The minimum Gasteiger partial charge on any atom is -0.207 e. The van der Waals surface area contributed by atoms with Gasteiger partial charge < -0.3 is 0 Å². The van der Waals surface area contributed by atoms with Crippen LogP contribution in [0.15, 0.2) is 42.5 Å². The van der Waals surface area contributed by atoms with Gasteiger partial charge in [0.05, 0.1) is 0 Å². The van der Waals surface area contributed by atoms with Gasteiger partial charge in [-0.1, -0.05) is 45.7 Å². The zero-order chi connectivity index (χ0) is 13.1. The van der Waals surface area contributed by atoms with Crippen LogP contribution < -0.4 is 0 Å². The molecular weight excluding hydrogens is 322 g/mol. The third-order valence-corrected chi connectivity index (χ3v) is 3.75. The standard InChI is InChI=1S/C14H10BrClF2/c15-11(8-9-4-6-10(17)7-5-9)14-12(16)2-1-3-13(14)18/h1-7,11H,8H2. The summed E-state index contributed by atoms with van der Waals surface area (Å²) in [6.07, 6.45) is 0.543. The molecule has 2 rings (SSSR count). The lowest BCUT2D eigenvalue weighted by Gasteiger charge is -2.13. The van der Waals surface area contributed by atoms with Gasteiger partial charge in [0.1, 0.15) is 11.6 Å². The Morgan fingerprint density at radius 3 is 2.33 bits per heavy atom. The highest BCUT2D eigenvalue weighted by Crippen LogP contribution is 2.34. The van der Waals surface area contributed by atoms with Gasteiger partial charge in [-0.2, -0.15) is 0 Å². The van der Waals surface area contributed by atoms with Crippen LogP contribution in [0.4, 0.5) is 8.78 Å². The monoisotopic (exact) mass is 330 g/mol. The van der Waals surface area contributed by atoms with E-state index in [1.165, 1.54) is 18.2 Å².